The van der Waals surface area contributed by atoms with E-state index in [1.165, 1.54) is 0 Å². The summed E-state index contributed by atoms with van der Waals surface area (Å²) in [5.41, 5.74) is 1.24. The molecule has 5 nitrogen and oxygen atoms in total. The number of nitrogens with zero attached hydrogens (tertiary/aromatic N) is 2. The molecule has 1 N–H and O–H groups in total. The molecule has 20 heavy (non-hydrogen) atoms. The smallest absolute Gasteiger partial charge is 0.256 e. The molecule has 0 aliphatic heterocycles. The second-order valence-electron chi connectivity index (χ2n) is 5.44. The highest BCUT2D eigenvalue weighted by Crippen LogP contribution is 2.21. The molecule has 0 aliphatic rings. The fraction of sp³-hybridized carbons (Fsp3) is 0.733. The van der Waals surface area contributed by atoms with E-state index in [-0.39, 0.29) is 11.8 Å². The maximum absolute atomic E-state index is 12.3. The van der Waals surface area contributed by atoms with Crippen molar-refractivity contribution in [1.29, 1.82) is 0 Å². The van der Waals surface area contributed by atoms with Gasteiger partial charge in [-0.25, -0.2) is 0 Å². The summed E-state index contributed by atoms with van der Waals surface area (Å²) in [6.07, 6.45) is 0. The van der Waals surface area contributed by atoms with E-state index in [0.717, 1.165) is 13.1 Å². The van der Waals surface area contributed by atoms with Gasteiger partial charge in [0.25, 0.3) is 5.91 Å². The number of amides is 1. The van der Waals surface area contributed by atoms with Crippen LogP contribution in [-0.2, 0) is 0 Å². The maximum atomic E-state index is 12.3. The predicted octanol–water partition coefficient (Wildman–Crippen LogP) is 2.57. The highest BCUT2D eigenvalue weighted by Gasteiger charge is 2.23. The van der Waals surface area contributed by atoms with Gasteiger partial charge in [0.2, 0.25) is 0 Å². The Morgan fingerprint density at radius 3 is 2.40 bits per heavy atom. The molecule has 1 aromatic rings. The van der Waals surface area contributed by atoms with Gasteiger partial charge in [0.1, 0.15) is 5.56 Å². The number of carbonyl (C=O) groups is 1. The number of hydrogen-bond donors (Lipinski definition) is 1. The van der Waals surface area contributed by atoms with Crippen LogP contribution in [0.3, 0.4) is 0 Å². The van der Waals surface area contributed by atoms with Crippen LogP contribution >= 0.6 is 0 Å². The van der Waals surface area contributed by atoms with E-state index in [0.29, 0.717) is 29.6 Å². The van der Waals surface area contributed by atoms with Crippen LogP contribution in [0.4, 0.5) is 0 Å². The van der Waals surface area contributed by atoms with Gasteiger partial charge in [0.05, 0.1) is 5.69 Å². The third kappa shape index (κ3) is 3.82. The monoisotopic (exact) mass is 281 g/mol. The van der Waals surface area contributed by atoms with Gasteiger partial charge in [-0.15, -0.1) is 0 Å². The molecule has 1 atom stereocenters. The van der Waals surface area contributed by atoms with Crippen molar-refractivity contribution in [3.63, 3.8) is 0 Å². The molecule has 0 bridgehead atoms. The first-order chi connectivity index (χ1) is 9.42. The Morgan fingerprint density at radius 2 is 1.90 bits per heavy atom. The van der Waals surface area contributed by atoms with E-state index in [2.05, 4.69) is 36.1 Å². The molecule has 1 unspecified atom stereocenters. The standard InChI is InChI=1S/C15H27N3O2/c1-7-18(8-2)11(5)9-16-15(19)13-12(6)17-20-14(13)10(3)4/h10-11H,7-9H2,1-6H3,(H,16,19). The van der Waals surface area contributed by atoms with Crippen LogP contribution in [0.15, 0.2) is 4.52 Å². The summed E-state index contributed by atoms with van der Waals surface area (Å²) in [6.45, 7) is 14.8. The van der Waals surface area contributed by atoms with E-state index in [9.17, 15) is 4.79 Å². The number of nitrogens with one attached hydrogen (secondary N) is 1. The topological polar surface area (TPSA) is 58.4 Å². The Morgan fingerprint density at radius 1 is 1.30 bits per heavy atom. The second kappa shape index (κ2) is 7.43. The number of likely N-dealkylation sites (N-methyl/N-ethyl adjacent to an activating group) is 1. The average Bonchev–Trinajstić information content (AvgIpc) is 2.79. The Bertz CT molecular complexity index is 436. The molecule has 1 heterocycles. The first-order valence-corrected chi connectivity index (χ1v) is 7.40. The quantitative estimate of drug-likeness (QED) is 0.834. The van der Waals surface area contributed by atoms with Crippen molar-refractivity contribution in [3.8, 4) is 0 Å². The summed E-state index contributed by atoms with van der Waals surface area (Å²) < 4.78 is 5.25. The molecule has 0 saturated carbocycles. The zero-order valence-corrected chi connectivity index (χ0v) is 13.5. The minimum atomic E-state index is -0.0912. The van der Waals surface area contributed by atoms with Crippen molar-refractivity contribution >= 4 is 5.91 Å². The van der Waals surface area contributed by atoms with Gasteiger partial charge in [-0.3, -0.25) is 9.69 Å². The van der Waals surface area contributed by atoms with E-state index in [4.69, 9.17) is 4.52 Å². The molecule has 5 heteroatoms. The van der Waals surface area contributed by atoms with Crippen molar-refractivity contribution in [2.45, 2.75) is 53.5 Å². The summed E-state index contributed by atoms with van der Waals surface area (Å²) in [6, 6.07) is 0.316. The summed E-state index contributed by atoms with van der Waals surface area (Å²) >= 11 is 0. The lowest BCUT2D eigenvalue weighted by Gasteiger charge is -2.26. The first-order valence-electron chi connectivity index (χ1n) is 7.40. The molecule has 0 spiro atoms. The van der Waals surface area contributed by atoms with Crippen LogP contribution in [0.2, 0.25) is 0 Å². The number of aromatic nitrogens is 1. The van der Waals surface area contributed by atoms with Crippen molar-refractivity contribution in [1.82, 2.24) is 15.4 Å². The fourth-order valence-corrected chi connectivity index (χ4v) is 2.36. The fourth-order valence-electron chi connectivity index (χ4n) is 2.36. The Kier molecular flexibility index (Phi) is 6.20. The second-order valence-corrected chi connectivity index (χ2v) is 5.44. The zero-order valence-electron chi connectivity index (χ0n) is 13.5. The summed E-state index contributed by atoms with van der Waals surface area (Å²) in [5, 5.41) is 6.90. The lowest BCUT2D eigenvalue weighted by atomic mass is 10.0. The molecule has 0 radical (unpaired) electrons. The minimum absolute atomic E-state index is 0.0912. The third-order valence-electron chi connectivity index (χ3n) is 3.63. The Labute approximate surface area is 121 Å². The zero-order chi connectivity index (χ0) is 15.3. The van der Waals surface area contributed by atoms with Gasteiger partial charge in [0, 0.05) is 18.5 Å². The van der Waals surface area contributed by atoms with Crippen LogP contribution in [0.1, 0.15) is 62.3 Å². The lowest BCUT2D eigenvalue weighted by Crippen LogP contribution is -2.42. The Balaban J connectivity index is 2.70. The molecule has 0 fully saturated rings. The highest BCUT2D eigenvalue weighted by atomic mass is 16.5. The van der Waals surface area contributed by atoms with Gasteiger partial charge in [0.15, 0.2) is 5.76 Å². The van der Waals surface area contributed by atoms with E-state index >= 15 is 0 Å². The molecule has 1 aromatic heterocycles. The van der Waals surface area contributed by atoms with Gasteiger partial charge < -0.3 is 9.84 Å². The van der Waals surface area contributed by atoms with Crippen LogP contribution in [-0.4, -0.2) is 41.6 Å². The molecular weight excluding hydrogens is 254 g/mol. The normalized spacial score (nSPS) is 13.0. The largest absolute Gasteiger partial charge is 0.360 e. The molecule has 0 saturated heterocycles. The van der Waals surface area contributed by atoms with Gasteiger partial charge in [-0.05, 0) is 26.9 Å². The Hall–Kier alpha value is -1.36. The first kappa shape index (κ1) is 16.7. The summed E-state index contributed by atoms with van der Waals surface area (Å²) in [4.78, 5) is 14.6. The molecule has 0 aliphatic carbocycles. The van der Waals surface area contributed by atoms with Gasteiger partial charge in [-0.1, -0.05) is 32.9 Å². The van der Waals surface area contributed by atoms with Crippen LogP contribution in [0.25, 0.3) is 0 Å². The highest BCUT2D eigenvalue weighted by molar-refractivity contribution is 5.96. The van der Waals surface area contributed by atoms with Crippen molar-refractivity contribution in [2.24, 2.45) is 0 Å². The van der Waals surface area contributed by atoms with Crippen molar-refractivity contribution in [2.75, 3.05) is 19.6 Å². The predicted molar refractivity (Wildman–Crippen MR) is 80.0 cm³/mol. The molecule has 1 amide bonds. The number of aryl methyl sites for hydroxylation is 1. The molecule has 0 aromatic carbocycles. The number of hydrogen-bond acceptors (Lipinski definition) is 4. The third-order valence-corrected chi connectivity index (χ3v) is 3.63. The number of carbonyl (C=O) groups excluding carboxylic acids is 1. The summed E-state index contributed by atoms with van der Waals surface area (Å²) in [5.74, 6) is 0.721. The van der Waals surface area contributed by atoms with Crippen LogP contribution < -0.4 is 5.32 Å². The molecular formula is C15H27N3O2. The van der Waals surface area contributed by atoms with E-state index < -0.39 is 0 Å². The van der Waals surface area contributed by atoms with Crippen LogP contribution in [0.5, 0.6) is 0 Å². The van der Waals surface area contributed by atoms with E-state index in [1.54, 1.807) is 6.92 Å². The minimum Gasteiger partial charge on any atom is -0.360 e. The maximum Gasteiger partial charge on any atom is 0.256 e. The SMILES string of the molecule is CCN(CC)C(C)CNC(=O)c1c(C)noc1C(C)C. The van der Waals surface area contributed by atoms with Crippen molar-refractivity contribution in [3.05, 3.63) is 17.0 Å². The summed E-state index contributed by atoms with van der Waals surface area (Å²) in [7, 11) is 0. The molecule has 114 valence electrons. The van der Waals surface area contributed by atoms with Crippen LogP contribution in [0, 0.1) is 6.92 Å². The molecule has 1 rings (SSSR count). The number of rotatable bonds is 7. The lowest BCUT2D eigenvalue weighted by molar-refractivity contribution is 0.0935. The van der Waals surface area contributed by atoms with E-state index in [1.807, 2.05) is 13.8 Å². The van der Waals surface area contributed by atoms with Crippen molar-refractivity contribution < 1.29 is 9.32 Å². The van der Waals surface area contributed by atoms with Gasteiger partial charge >= 0.3 is 0 Å². The van der Waals surface area contributed by atoms with Gasteiger partial charge in [-0.2, -0.15) is 0 Å². The average molecular weight is 281 g/mol.